The number of aliphatic hydroxyl groups is 2. The molecule has 0 aliphatic carbocycles. The second-order valence-corrected chi connectivity index (χ2v) is 4.64. The number of hydrogen-bond acceptors (Lipinski definition) is 6. The lowest BCUT2D eigenvalue weighted by Gasteiger charge is -2.15. The Balaban J connectivity index is 2.27. The molecule has 114 valence electrons. The molecule has 3 atom stereocenters. The summed E-state index contributed by atoms with van der Waals surface area (Å²) < 4.78 is 6.53. The first-order valence-corrected chi connectivity index (χ1v) is 6.36. The first-order chi connectivity index (χ1) is 10.1. The Kier molecular flexibility index (Phi) is 4.76. The van der Waals surface area contributed by atoms with E-state index in [-0.39, 0.29) is 31.6 Å². The quantitative estimate of drug-likeness (QED) is 0.362. The van der Waals surface area contributed by atoms with Crippen LogP contribution in [0.4, 0.5) is 0 Å². The van der Waals surface area contributed by atoms with E-state index in [1.54, 1.807) is 0 Å². The molecular weight excluding hydrogens is 282 g/mol. The molecule has 1 fully saturated rings. The predicted octanol–water partition coefficient (Wildman–Crippen LogP) is -0.970. The molecule has 0 unspecified atom stereocenters. The fourth-order valence-electron chi connectivity index (χ4n) is 2.18. The van der Waals surface area contributed by atoms with Crippen LogP contribution in [-0.4, -0.2) is 45.1 Å². The third-order valence-corrected chi connectivity index (χ3v) is 3.28. The standard InChI is InChI=1S/C11H15N5O5/c12-15-13-2-1-6-4-16(11(20)14-10(6)19)9-3-7(18)8(5-17)21-9/h4,7-9,17-18H,1-3,5H2,(H,14,19,20)/t7-,8+,9+/m0/s1. The maximum Gasteiger partial charge on any atom is 0.330 e. The minimum atomic E-state index is -0.884. The van der Waals surface area contributed by atoms with Gasteiger partial charge in [0.15, 0.2) is 0 Å². The Bertz CT molecular complexity index is 662. The molecule has 2 heterocycles. The molecule has 3 N–H and O–H groups in total. The van der Waals surface area contributed by atoms with Gasteiger partial charge >= 0.3 is 5.69 Å². The number of aliphatic hydroxyl groups excluding tert-OH is 2. The summed E-state index contributed by atoms with van der Waals surface area (Å²) in [6, 6.07) is 0. The fourth-order valence-corrected chi connectivity index (χ4v) is 2.18. The second kappa shape index (κ2) is 6.55. The van der Waals surface area contributed by atoms with Crippen molar-refractivity contribution >= 4 is 0 Å². The maximum absolute atomic E-state index is 11.8. The highest BCUT2D eigenvalue weighted by atomic mass is 16.5. The fraction of sp³-hybridized carbons (Fsp3) is 0.636. The minimum absolute atomic E-state index is 0.0885. The summed E-state index contributed by atoms with van der Waals surface area (Å²) in [7, 11) is 0. The SMILES string of the molecule is [N-]=[N+]=NCCc1cn([C@H]2C[C@H](O)[C@@H](CO)O2)c(=O)[nH]c1=O. The van der Waals surface area contributed by atoms with Gasteiger partial charge in [-0.3, -0.25) is 14.3 Å². The largest absolute Gasteiger partial charge is 0.394 e. The first-order valence-electron chi connectivity index (χ1n) is 6.36. The van der Waals surface area contributed by atoms with Crippen molar-refractivity contribution in [2.45, 2.75) is 31.3 Å². The van der Waals surface area contributed by atoms with Crippen LogP contribution in [-0.2, 0) is 11.2 Å². The van der Waals surface area contributed by atoms with Crippen molar-refractivity contribution in [3.8, 4) is 0 Å². The van der Waals surface area contributed by atoms with E-state index < -0.39 is 29.7 Å². The minimum Gasteiger partial charge on any atom is -0.394 e. The zero-order valence-electron chi connectivity index (χ0n) is 11.0. The zero-order valence-corrected chi connectivity index (χ0v) is 11.0. The number of nitrogens with one attached hydrogen (secondary N) is 1. The Labute approximate surface area is 118 Å². The van der Waals surface area contributed by atoms with Gasteiger partial charge in [0, 0.05) is 29.6 Å². The van der Waals surface area contributed by atoms with Crippen molar-refractivity contribution in [2.24, 2.45) is 5.11 Å². The van der Waals surface area contributed by atoms with E-state index in [0.29, 0.717) is 0 Å². The van der Waals surface area contributed by atoms with E-state index in [1.165, 1.54) is 6.20 Å². The Morgan fingerprint density at radius 2 is 2.33 bits per heavy atom. The molecule has 10 heteroatoms. The van der Waals surface area contributed by atoms with E-state index in [0.717, 1.165) is 4.57 Å². The van der Waals surface area contributed by atoms with E-state index >= 15 is 0 Å². The molecule has 0 amide bonds. The number of aromatic nitrogens is 2. The van der Waals surface area contributed by atoms with E-state index in [9.17, 15) is 14.7 Å². The van der Waals surface area contributed by atoms with Crippen LogP contribution in [0.3, 0.4) is 0 Å². The number of aromatic amines is 1. The Morgan fingerprint density at radius 1 is 1.57 bits per heavy atom. The Morgan fingerprint density at radius 3 is 2.95 bits per heavy atom. The van der Waals surface area contributed by atoms with Gasteiger partial charge in [0.1, 0.15) is 12.3 Å². The number of ether oxygens (including phenoxy) is 1. The Hall–Kier alpha value is -2.13. The third-order valence-electron chi connectivity index (χ3n) is 3.28. The average Bonchev–Trinajstić information content (AvgIpc) is 2.82. The summed E-state index contributed by atoms with van der Waals surface area (Å²) in [5, 5.41) is 22.0. The third kappa shape index (κ3) is 3.31. The molecule has 0 bridgehead atoms. The van der Waals surface area contributed by atoms with E-state index in [2.05, 4.69) is 15.0 Å². The van der Waals surface area contributed by atoms with Gasteiger partial charge in [0.25, 0.3) is 5.56 Å². The highest BCUT2D eigenvalue weighted by Crippen LogP contribution is 2.27. The van der Waals surface area contributed by atoms with Crippen molar-refractivity contribution in [3.63, 3.8) is 0 Å². The van der Waals surface area contributed by atoms with Crippen LogP contribution in [0, 0.1) is 0 Å². The van der Waals surface area contributed by atoms with Crippen LogP contribution in [0.2, 0.25) is 0 Å². The second-order valence-electron chi connectivity index (χ2n) is 4.64. The molecule has 0 aromatic carbocycles. The topological polar surface area (TPSA) is 153 Å². The summed E-state index contributed by atoms with van der Waals surface area (Å²) in [6.07, 6.45) is -0.776. The van der Waals surface area contributed by atoms with Gasteiger partial charge in [-0.25, -0.2) is 4.79 Å². The normalized spacial score (nSPS) is 24.8. The molecule has 1 aliphatic heterocycles. The van der Waals surface area contributed by atoms with Crippen molar-refractivity contribution < 1.29 is 14.9 Å². The van der Waals surface area contributed by atoms with Gasteiger partial charge in [-0.15, -0.1) is 0 Å². The zero-order chi connectivity index (χ0) is 15.4. The molecule has 0 spiro atoms. The van der Waals surface area contributed by atoms with Crippen LogP contribution in [0.5, 0.6) is 0 Å². The van der Waals surface area contributed by atoms with Crippen LogP contribution in [0.15, 0.2) is 20.9 Å². The van der Waals surface area contributed by atoms with E-state index in [4.69, 9.17) is 15.4 Å². The number of hydrogen-bond donors (Lipinski definition) is 3. The van der Waals surface area contributed by atoms with E-state index in [1.807, 2.05) is 0 Å². The summed E-state index contributed by atoms with van der Waals surface area (Å²) in [5.74, 6) is 0. The van der Waals surface area contributed by atoms with Gasteiger partial charge in [0.05, 0.1) is 12.7 Å². The molecular formula is C11H15N5O5. The monoisotopic (exact) mass is 297 g/mol. The van der Waals surface area contributed by atoms with Crippen molar-refractivity contribution in [3.05, 3.63) is 43.0 Å². The number of rotatable bonds is 5. The van der Waals surface area contributed by atoms with Gasteiger partial charge in [-0.2, -0.15) is 0 Å². The van der Waals surface area contributed by atoms with Crippen molar-refractivity contribution in [2.75, 3.05) is 13.2 Å². The van der Waals surface area contributed by atoms with Gasteiger partial charge < -0.3 is 14.9 Å². The number of H-pyrrole nitrogens is 1. The predicted molar refractivity (Wildman–Crippen MR) is 70.7 cm³/mol. The first kappa shape index (κ1) is 15.3. The number of nitrogens with zero attached hydrogens (tertiary/aromatic N) is 4. The molecule has 1 saturated heterocycles. The summed E-state index contributed by atoms with van der Waals surface area (Å²) in [6.45, 7) is -0.273. The van der Waals surface area contributed by atoms with Crippen molar-refractivity contribution in [1.29, 1.82) is 0 Å². The van der Waals surface area contributed by atoms with Gasteiger partial charge in [-0.05, 0) is 12.0 Å². The van der Waals surface area contributed by atoms with Gasteiger partial charge in [-0.1, -0.05) is 5.11 Å². The molecule has 10 nitrogen and oxygen atoms in total. The molecule has 21 heavy (non-hydrogen) atoms. The molecule has 0 radical (unpaired) electrons. The average molecular weight is 297 g/mol. The van der Waals surface area contributed by atoms with Crippen LogP contribution in [0.25, 0.3) is 10.4 Å². The van der Waals surface area contributed by atoms with Gasteiger partial charge in [0.2, 0.25) is 0 Å². The highest BCUT2D eigenvalue weighted by molar-refractivity contribution is 5.06. The van der Waals surface area contributed by atoms with Crippen LogP contribution < -0.4 is 11.2 Å². The smallest absolute Gasteiger partial charge is 0.330 e. The van der Waals surface area contributed by atoms with Crippen LogP contribution in [0.1, 0.15) is 18.2 Å². The summed E-state index contributed by atoms with van der Waals surface area (Å²) >= 11 is 0. The molecule has 1 aromatic rings. The van der Waals surface area contributed by atoms with Crippen LogP contribution >= 0.6 is 0 Å². The summed E-state index contributed by atoms with van der Waals surface area (Å²) in [4.78, 5) is 28.2. The maximum atomic E-state index is 11.8. The molecule has 1 aliphatic rings. The lowest BCUT2D eigenvalue weighted by atomic mass is 10.2. The lowest BCUT2D eigenvalue weighted by molar-refractivity contribution is -0.0459. The summed E-state index contributed by atoms with van der Waals surface area (Å²) in [5.41, 5.74) is 7.27. The molecule has 0 saturated carbocycles. The molecule has 2 rings (SSSR count). The highest BCUT2D eigenvalue weighted by Gasteiger charge is 2.35. The number of azide groups is 1. The molecule has 1 aromatic heterocycles. The lowest BCUT2D eigenvalue weighted by Crippen LogP contribution is -2.34. The van der Waals surface area contributed by atoms with Crippen molar-refractivity contribution in [1.82, 2.24) is 9.55 Å².